The average molecular weight is 496 g/mol. The van der Waals surface area contributed by atoms with Gasteiger partial charge in [0.2, 0.25) is 0 Å². The summed E-state index contributed by atoms with van der Waals surface area (Å²) >= 11 is 10.8. The van der Waals surface area contributed by atoms with E-state index in [4.69, 9.17) is 9.57 Å². The Labute approximate surface area is 156 Å². The topological polar surface area (TPSA) is 30.5 Å². The van der Waals surface area contributed by atoms with E-state index >= 15 is 0 Å². The first-order chi connectivity index (χ1) is 10.5. The van der Waals surface area contributed by atoms with E-state index in [-0.39, 0.29) is 12.1 Å². The first kappa shape index (κ1) is 18.2. The predicted molar refractivity (Wildman–Crippen MR) is 101 cm³/mol. The van der Waals surface area contributed by atoms with E-state index in [2.05, 4.69) is 78.4 Å². The van der Waals surface area contributed by atoms with Gasteiger partial charge < -0.3 is 9.57 Å². The summed E-state index contributed by atoms with van der Waals surface area (Å²) in [5, 5.41) is 2.25. The Bertz CT molecular complexity index is 663. The van der Waals surface area contributed by atoms with E-state index in [1.165, 1.54) is 0 Å². The van der Waals surface area contributed by atoms with Gasteiger partial charge in [-0.2, -0.15) is 5.48 Å². The van der Waals surface area contributed by atoms with Gasteiger partial charge >= 0.3 is 0 Å². The highest BCUT2D eigenvalue weighted by Gasteiger charge is 2.21. The second kappa shape index (κ2) is 8.11. The van der Waals surface area contributed by atoms with Gasteiger partial charge in [0.05, 0.1) is 22.1 Å². The second-order valence-corrected chi connectivity index (χ2v) is 7.61. The zero-order valence-electron chi connectivity index (χ0n) is 12.6. The van der Waals surface area contributed by atoms with Crippen LogP contribution in [0.25, 0.3) is 10.8 Å². The van der Waals surface area contributed by atoms with E-state index in [1.54, 1.807) is 7.11 Å². The fraction of sp³-hybridized carbons (Fsp3) is 0.375. The lowest BCUT2D eigenvalue weighted by Gasteiger charge is -2.25. The third-order valence-electron chi connectivity index (χ3n) is 3.48. The van der Waals surface area contributed by atoms with Crippen molar-refractivity contribution in [1.29, 1.82) is 0 Å². The third kappa shape index (κ3) is 4.03. The number of halogens is 3. The number of hydrogen-bond donors (Lipinski definition) is 1. The first-order valence-corrected chi connectivity index (χ1v) is 9.38. The summed E-state index contributed by atoms with van der Waals surface area (Å²) in [6.45, 7) is 4.14. The largest absolute Gasteiger partial charge is 0.486 e. The molecule has 2 atom stereocenters. The van der Waals surface area contributed by atoms with Crippen LogP contribution in [0, 0.1) is 0 Å². The van der Waals surface area contributed by atoms with Crippen molar-refractivity contribution in [3.8, 4) is 5.75 Å². The molecule has 0 radical (unpaired) electrons. The zero-order valence-corrected chi connectivity index (χ0v) is 17.4. The summed E-state index contributed by atoms with van der Waals surface area (Å²) in [4.78, 5) is 5.01. The lowest BCUT2D eigenvalue weighted by molar-refractivity contribution is 0.0201. The Morgan fingerprint density at radius 3 is 2.55 bits per heavy atom. The Morgan fingerprint density at radius 1 is 1.18 bits per heavy atom. The molecular weight excluding hydrogens is 478 g/mol. The molecule has 0 aliphatic carbocycles. The Kier molecular flexibility index (Phi) is 6.71. The molecule has 3 nitrogen and oxygen atoms in total. The van der Waals surface area contributed by atoms with Gasteiger partial charge in [-0.25, -0.2) is 0 Å². The zero-order chi connectivity index (χ0) is 16.3. The van der Waals surface area contributed by atoms with Gasteiger partial charge in [0, 0.05) is 4.47 Å². The number of nitrogens with one attached hydrogen (secondary N) is 1. The molecule has 22 heavy (non-hydrogen) atoms. The van der Waals surface area contributed by atoms with Crippen molar-refractivity contribution in [2.45, 2.75) is 32.4 Å². The minimum Gasteiger partial charge on any atom is -0.486 e. The molecule has 2 aromatic rings. The quantitative estimate of drug-likeness (QED) is 0.512. The molecular formula is C16H18Br3NO2. The Morgan fingerprint density at radius 2 is 1.91 bits per heavy atom. The number of ether oxygens (including phenoxy) is 1. The van der Waals surface area contributed by atoms with Crippen LogP contribution in [0.2, 0.25) is 0 Å². The molecule has 0 aliphatic heterocycles. The van der Waals surface area contributed by atoms with Gasteiger partial charge in [-0.3, -0.25) is 0 Å². The number of hydroxylamine groups is 1. The predicted octanol–water partition coefficient (Wildman–Crippen LogP) is 5.82. The number of fused-ring (bicyclic) bond motifs is 1. The van der Waals surface area contributed by atoms with Crippen LogP contribution in [0.15, 0.2) is 37.7 Å². The van der Waals surface area contributed by atoms with Crippen molar-refractivity contribution in [1.82, 2.24) is 5.48 Å². The molecule has 0 fully saturated rings. The molecule has 0 spiro atoms. The lowest BCUT2D eigenvalue weighted by Crippen LogP contribution is -2.40. The van der Waals surface area contributed by atoms with Crippen LogP contribution in [0.4, 0.5) is 0 Å². The monoisotopic (exact) mass is 493 g/mol. The van der Waals surface area contributed by atoms with Crippen molar-refractivity contribution < 1.29 is 9.57 Å². The molecule has 0 heterocycles. The van der Waals surface area contributed by atoms with Crippen molar-refractivity contribution in [3.05, 3.63) is 37.7 Å². The fourth-order valence-electron chi connectivity index (χ4n) is 2.34. The molecule has 2 aromatic carbocycles. The van der Waals surface area contributed by atoms with Gasteiger partial charge in [0.1, 0.15) is 11.9 Å². The van der Waals surface area contributed by atoms with Crippen LogP contribution in [0.3, 0.4) is 0 Å². The Hall–Kier alpha value is -0.140. The average Bonchev–Trinajstić information content (AvgIpc) is 2.47. The standard InChI is InChI=1S/C16H18Br3NO2/c1-4-14(9(2)20-21-3)22-16-13(18)8-10-7-11(17)5-6-12(10)15(16)19/h5-9,14,20H,4H2,1-3H3. The third-order valence-corrected chi connectivity index (χ3v) is 5.35. The summed E-state index contributed by atoms with van der Waals surface area (Å²) in [6.07, 6.45) is 0.870. The maximum Gasteiger partial charge on any atom is 0.148 e. The van der Waals surface area contributed by atoms with Crippen molar-refractivity contribution in [2.24, 2.45) is 0 Å². The maximum absolute atomic E-state index is 6.23. The number of hydrogen-bond acceptors (Lipinski definition) is 3. The van der Waals surface area contributed by atoms with Gasteiger partial charge in [0.15, 0.2) is 0 Å². The molecule has 0 aromatic heterocycles. The second-order valence-electron chi connectivity index (χ2n) is 5.04. The summed E-state index contributed by atoms with van der Waals surface area (Å²) < 4.78 is 9.16. The highest BCUT2D eigenvalue weighted by molar-refractivity contribution is 9.11. The van der Waals surface area contributed by atoms with Gasteiger partial charge in [0.25, 0.3) is 0 Å². The maximum atomic E-state index is 6.23. The lowest BCUT2D eigenvalue weighted by atomic mass is 10.1. The Balaban J connectivity index is 2.40. The highest BCUT2D eigenvalue weighted by Crippen LogP contribution is 2.41. The van der Waals surface area contributed by atoms with E-state index in [0.29, 0.717) is 0 Å². The molecule has 6 heteroatoms. The molecule has 0 saturated heterocycles. The molecule has 120 valence electrons. The van der Waals surface area contributed by atoms with E-state index in [9.17, 15) is 0 Å². The minimum atomic E-state index is 0.000415. The summed E-state index contributed by atoms with van der Waals surface area (Å²) in [6, 6.07) is 8.33. The van der Waals surface area contributed by atoms with E-state index < -0.39 is 0 Å². The number of rotatable bonds is 6. The molecule has 0 amide bonds. The molecule has 0 aliphatic rings. The molecule has 2 rings (SSSR count). The summed E-state index contributed by atoms with van der Waals surface area (Å²) in [5.74, 6) is 0.812. The van der Waals surface area contributed by atoms with Crippen LogP contribution < -0.4 is 10.2 Å². The fourth-order valence-corrected chi connectivity index (χ4v) is 4.19. The van der Waals surface area contributed by atoms with E-state index in [1.807, 2.05) is 13.0 Å². The van der Waals surface area contributed by atoms with Gasteiger partial charge in [-0.05, 0) is 74.2 Å². The normalized spacial score (nSPS) is 14.1. The van der Waals surface area contributed by atoms with Crippen molar-refractivity contribution in [2.75, 3.05) is 7.11 Å². The van der Waals surface area contributed by atoms with Crippen LogP contribution >= 0.6 is 47.8 Å². The minimum absolute atomic E-state index is 0.000415. The van der Waals surface area contributed by atoms with E-state index in [0.717, 1.165) is 36.4 Å². The molecule has 0 saturated carbocycles. The van der Waals surface area contributed by atoms with Crippen LogP contribution in [0.1, 0.15) is 20.3 Å². The molecule has 1 N–H and O–H groups in total. The molecule has 2 unspecified atom stereocenters. The first-order valence-electron chi connectivity index (χ1n) is 7.00. The van der Waals surface area contributed by atoms with Gasteiger partial charge in [-0.1, -0.05) is 28.9 Å². The summed E-state index contributed by atoms with van der Waals surface area (Å²) in [5.41, 5.74) is 2.94. The van der Waals surface area contributed by atoms with Crippen molar-refractivity contribution in [3.63, 3.8) is 0 Å². The van der Waals surface area contributed by atoms with Crippen LogP contribution in [-0.2, 0) is 4.84 Å². The molecule has 0 bridgehead atoms. The summed E-state index contributed by atoms with van der Waals surface area (Å²) in [7, 11) is 1.61. The number of benzene rings is 2. The van der Waals surface area contributed by atoms with Gasteiger partial charge in [-0.15, -0.1) is 0 Å². The van der Waals surface area contributed by atoms with Crippen LogP contribution in [-0.4, -0.2) is 19.3 Å². The van der Waals surface area contributed by atoms with Crippen molar-refractivity contribution >= 4 is 58.6 Å². The SMILES string of the molecule is CCC(Oc1c(Br)cc2cc(Br)ccc2c1Br)C(C)NOC. The highest BCUT2D eigenvalue weighted by atomic mass is 79.9. The smallest absolute Gasteiger partial charge is 0.148 e. The van der Waals surface area contributed by atoms with Crippen LogP contribution in [0.5, 0.6) is 5.75 Å².